The molecule has 0 unspecified atom stereocenters. The van der Waals surface area contributed by atoms with E-state index >= 15 is 0 Å². The Balaban J connectivity index is 2.47. The van der Waals surface area contributed by atoms with Crippen LogP contribution in [0.15, 0.2) is 36.4 Å². The van der Waals surface area contributed by atoms with Crippen molar-refractivity contribution in [2.24, 2.45) is 5.84 Å². The summed E-state index contributed by atoms with van der Waals surface area (Å²) < 4.78 is 0. The number of nitrogens with zero attached hydrogens (tertiary/aromatic N) is 3. The van der Waals surface area contributed by atoms with Gasteiger partial charge >= 0.3 is 0 Å². The highest BCUT2D eigenvalue weighted by atomic mass is 16.3. The molecule has 112 valence electrons. The summed E-state index contributed by atoms with van der Waals surface area (Å²) >= 11 is 0. The largest absolute Gasteiger partial charge is 0.395 e. The van der Waals surface area contributed by atoms with Crippen LogP contribution in [0.5, 0.6) is 0 Å². The zero-order chi connectivity index (χ0) is 15.2. The van der Waals surface area contributed by atoms with Crippen molar-refractivity contribution < 1.29 is 5.11 Å². The fourth-order valence-electron chi connectivity index (χ4n) is 2.12. The van der Waals surface area contributed by atoms with Gasteiger partial charge in [-0.15, -0.1) is 0 Å². The van der Waals surface area contributed by atoms with Gasteiger partial charge in [-0.25, -0.2) is 15.8 Å². The number of aliphatic hydroxyl groups is 1. The van der Waals surface area contributed by atoms with E-state index in [2.05, 4.69) is 29.2 Å². The van der Waals surface area contributed by atoms with E-state index in [0.29, 0.717) is 18.2 Å². The second kappa shape index (κ2) is 7.01. The lowest BCUT2D eigenvalue weighted by atomic mass is 10.2. The summed E-state index contributed by atoms with van der Waals surface area (Å²) in [6, 6.07) is 11.7. The predicted octanol–water partition coefficient (Wildman–Crippen LogP) is 1.64. The topological polar surface area (TPSA) is 87.3 Å². The number of hydrogen-bond acceptors (Lipinski definition) is 6. The maximum absolute atomic E-state index is 9.23. The first kappa shape index (κ1) is 15.2. The molecule has 0 bridgehead atoms. The molecule has 2 rings (SSSR count). The van der Waals surface area contributed by atoms with Crippen LogP contribution in [0.4, 0.5) is 11.6 Å². The van der Waals surface area contributed by atoms with Gasteiger partial charge in [-0.1, -0.05) is 30.3 Å². The van der Waals surface area contributed by atoms with Gasteiger partial charge in [-0.3, -0.25) is 0 Å². The van der Waals surface area contributed by atoms with Crippen LogP contribution in [0.3, 0.4) is 0 Å². The summed E-state index contributed by atoms with van der Waals surface area (Å²) in [4.78, 5) is 11.0. The number of aliphatic hydroxyl groups excluding tert-OH is 1. The molecule has 1 heterocycles. The standard InChI is InChI=1S/C15H21N5O/c1-11(2)20(8-9-21)14-10-13(19-16)17-15(18-14)12-6-4-3-5-7-12/h3-7,10-11,21H,8-9,16H2,1-2H3,(H,17,18,19). The van der Waals surface area contributed by atoms with Crippen LogP contribution in [-0.2, 0) is 0 Å². The molecule has 0 aliphatic rings. The lowest BCUT2D eigenvalue weighted by molar-refractivity contribution is 0.298. The molecule has 1 aromatic heterocycles. The third-order valence-corrected chi connectivity index (χ3v) is 3.15. The quantitative estimate of drug-likeness (QED) is 0.553. The Labute approximate surface area is 124 Å². The molecule has 21 heavy (non-hydrogen) atoms. The molecular formula is C15H21N5O. The molecule has 0 aliphatic heterocycles. The van der Waals surface area contributed by atoms with Crippen LogP contribution >= 0.6 is 0 Å². The number of aromatic nitrogens is 2. The van der Waals surface area contributed by atoms with E-state index in [1.807, 2.05) is 35.2 Å². The molecule has 4 N–H and O–H groups in total. The van der Waals surface area contributed by atoms with Crippen molar-refractivity contribution in [1.29, 1.82) is 0 Å². The zero-order valence-corrected chi connectivity index (χ0v) is 12.3. The lowest BCUT2D eigenvalue weighted by Crippen LogP contribution is -2.34. The molecule has 0 spiro atoms. The van der Waals surface area contributed by atoms with E-state index < -0.39 is 0 Å². The van der Waals surface area contributed by atoms with Gasteiger partial charge in [0.2, 0.25) is 0 Å². The van der Waals surface area contributed by atoms with E-state index in [9.17, 15) is 5.11 Å². The summed E-state index contributed by atoms with van der Waals surface area (Å²) in [5.74, 6) is 7.39. The number of anilines is 2. The average molecular weight is 287 g/mol. The number of benzene rings is 1. The number of hydrazine groups is 1. The highest BCUT2D eigenvalue weighted by Crippen LogP contribution is 2.23. The highest BCUT2D eigenvalue weighted by Gasteiger charge is 2.14. The van der Waals surface area contributed by atoms with Gasteiger partial charge in [0, 0.05) is 24.2 Å². The predicted molar refractivity (Wildman–Crippen MR) is 84.8 cm³/mol. The third kappa shape index (κ3) is 3.68. The molecular weight excluding hydrogens is 266 g/mol. The number of rotatable bonds is 6. The van der Waals surface area contributed by atoms with Crippen molar-refractivity contribution in [2.45, 2.75) is 19.9 Å². The Morgan fingerprint density at radius 2 is 1.95 bits per heavy atom. The molecule has 0 amide bonds. The molecule has 0 saturated heterocycles. The van der Waals surface area contributed by atoms with E-state index in [-0.39, 0.29) is 12.6 Å². The molecule has 2 aromatic rings. The Bertz CT molecular complexity index is 574. The number of nitrogen functional groups attached to an aromatic ring is 1. The lowest BCUT2D eigenvalue weighted by Gasteiger charge is -2.27. The minimum absolute atomic E-state index is 0.0637. The van der Waals surface area contributed by atoms with Gasteiger partial charge in [-0.2, -0.15) is 0 Å². The highest BCUT2D eigenvalue weighted by molar-refractivity contribution is 5.61. The van der Waals surface area contributed by atoms with Crippen LogP contribution < -0.4 is 16.2 Å². The second-order valence-corrected chi connectivity index (χ2v) is 4.96. The summed E-state index contributed by atoms with van der Waals surface area (Å²) in [5.41, 5.74) is 3.49. The molecule has 0 radical (unpaired) electrons. The minimum Gasteiger partial charge on any atom is -0.395 e. The summed E-state index contributed by atoms with van der Waals surface area (Å²) in [6.45, 7) is 4.67. The van der Waals surface area contributed by atoms with Crippen molar-refractivity contribution in [3.05, 3.63) is 36.4 Å². The maximum Gasteiger partial charge on any atom is 0.163 e. The molecule has 0 aliphatic carbocycles. The molecule has 0 atom stereocenters. The second-order valence-electron chi connectivity index (χ2n) is 4.96. The van der Waals surface area contributed by atoms with Crippen LogP contribution in [0.1, 0.15) is 13.8 Å². The van der Waals surface area contributed by atoms with Gasteiger partial charge in [0.15, 0.2) is 5.82 Å². The Kier molecular flexibility index (Phi) is 5.08. The number of hydrogen-bond donors (Lipinski definition) is 3. The monoisotopic (exact) mass is 287 g/mol. The van der Waals surface area contributed by atoms with Crippen molar-refractivity contribution in [3.8, 4) is 11.4 Å². The Hall–Kier alpha value is -2.18. The fourth-order valence-corrected chi connectivity index (χ4v) is 2.12. The molecule has 1 aromatic carbocycles. The molecule has 6 heteroatoms. The Morgan fingerprint density at radius 1 is 1.24 bits per heavy atom. The summed E-state index contributed by atoms with van der Waals surface area (Å²) in [5, 5.41) is 9.23. The molecule has 6 nitrogen and oxygen atoms in total. The fraction of sp³-hybridized carbons (Fsp3) is 0.333. The van der Waals surface area contributed by atoms with Crippen LogP contribution in [0.25, 0.3) is 11.4 Å². The average Bonchev–Trinajstić information content (AvgIpc) is 2.52. The van der Waals surface area contributed by atoms with Crippen molar-refractivity contribution in [1.82, 2.24) is 9.97 Å². The van der Waals surface area contributed by atoms with Crippen molar-refractivity contribution in [2.75, 3.05) is 23.5 Å². The SMILES string of the molecule is CC(C)N(CCO)c1cc(NN)nc(-c2ccccc2)n1. The number of nitrogens with two attached hydrogens (primary N) is 1. The first-order valence-corrected chi connectivity index (χ1v) is 6.94. The van der Waals surface area contributed by atoms with E-state index in [0.717, 1.165) is 11.4 Å². The third-order valence-electron chi connectivity index (χ3n) is 3.15. The van der Waals surface area contributed by atoms with Crippen molar-refractivity contribution >= 4 is 11.6 Å². The normalized spacial score (nSPS) is 10.7. The summed E-state index contributed by atoms with van der Waals surface area (Å²) in [7, 11) is 0. The Morgan fingerprint density at radius 3 is 2.52 bits per heavy atom. The van der Waals surface area contributed by atoms with Crippen LogP contribution in [-0.4, -0.2) is 34.3 Å². The van der Waals surface area contributed by atoms with E-state index in [1.54, 1.807) is 6.07 Å². The first-order chi connectivity index (χ1) is 10.2. The van der Waals surface area contributed by atoms with Gasteiger partial charge in [0.05, 0.1) is 6.61 Å². The smallest absolute Gasteiger partial charge is 0.163 e. The van der Waals surface area contributed by atoms with E-state index in [4.69, 9.17) is 5.84 Å². The summed E-state index contributed by atoms with van der Waals surface area (Å²) in [6.07, 6.45) is 0. The molecule has 0 saturated carbocycles. The van der Waals surface area contributed by atoms with E-state index in [1.165, 1.54) is 0 Å². The number of nitrogens with one attached hydrogen (secondary N) is 1. The first-order valence-electron chi connectivity index (χ1n) is 6.94. The minimum atomic E-state index is 0.0637. The van der Waals surface area contributed by atoms with Gasteiger partial charge in [0.25, 0.3) is 0 Å². The van der Waals surface area contributed by atoms with Gasteiger partial charge < -0.3 is 15.4 Å². The zero-order valence-electron chi connectivity index (χ0n) is 12.3. The molecule has 0 fully saturated rings. The van der Waals surface area contributed by atoms with Gasteiger partial charge in [-0.05, 0) is 13.8 Å². The van der Waals surface area contributed by atoms with Crippen LogP contribution in [0.2, 0.25) is 0 Å². The van der Waals surface area contributed by atoms with Crippen LogP contribution in [0, 0.1) is 0 Å². The maximum atomic E-state index is 9.23. The van der Waals surface area contributed by atoms with Crippen molar-refractivity contribution in [3.63, 3.8) is 0 Å². The van der Waals surface area contributed by atoms with Gasteiger partial charge in [0.1, 0.15) is 11.6 Å².